The molecule has 2 aromatic heterocycles. The molecule has 0 atom stereocenters. The first-order valence-electron chi connectivity index (χ1n) is 4.79. The molecule has 0 aliphatic heterocycles. The van der Waals surface area contributed by atoms with Crippen LogP contribution in [0.25, 0.3) is 10.9 Å². The molecule has 2 heterocycles. The predicted molar refractivity (Wildman–Crippen MR) is 59.5 cm³/mol. The van der Waals surface area contributed by atoms with E-state index in [2.05, 4.69) is 4.74 Å². The summed E-state index contributed by atoms with van der Waals surface area (Å²) >= 11 is 0. The van der Waals surface area contributed by atoms with Crippen LogP contribution in [0.1, 0.15) is 10.5 Å². The molecule has 0 fully saturated rings. The van der Waals surface area contributed by atoms with Crippen molar-refractivity contribution in [1.82, 2.24) is 9.13 Å². The maximum atomic E-state index is 11.9. The highest BCUT2D eigenvalue weighted by molar-refractivity contribution is 5.95. The zero-order valence-electron chi connectivity index (χ0n) is 9.35. The minimum atomic E-state index is -0.444. The number of methoxy groups -OCH3 is 1. The molecule has 0 aliphatic carbocycles. The van der Waals surface area contributed by atoms with Gasteiger partial charge in [-0.2, -0.15) is 0 Å². The molecule has 0 spiro atoms. The number of nitrogens with zero attached hydrogens (tertiary/aromatic N) is 2. The molecule has 0 aromatic carbocycles. The average Bonchev–Trinajstić information content (AvgIpc) is 2.61. The molecule has 2 aromatic rings. The first-order valence-corrected chi connectivity index (χ1v) is 4.79. The van der Waals surface area contributed by atoms with Gasteiger partial charge in [0.25, 0.3) is 5.56 Å². The summed E-state index contributed by atoms with van der Waals surface area (Å²) in [5.74, 6) is -0.444. The van der Waals surface area contributed by atoms with Crippen LogP contribution in [0.5, 0.6) is 0 Å². The van der Waals surface area contributed by atoms with E-state index in [9.17, 15) is 9.59 Å². The Morgan fingerprint density at radius 3 is 2.69 bits per heavy atom. The molecular formula is C11H12N2O3. The lowest BCUT2D eigenvalue weighted by molar-refractivity contribution is 0.0590. The van der Waals surface area contributed by atoms with Gasteiger partial charge in [-0.25, -0.2) is 4.79 Å². The lowest BCUT2D eigenvalue weighted by atomic mass is 10.3. The maximum Gasteiger partial charge on any atom is 0.354 e. The Bertz CT molecular complexity index is 622. The van der Waals surface area contributed by atoms with E-state index in [0.29, 0.717) is 11.2 Å². The van der Waals surface area contributed by atoms with E-state index in [-0.39, 0.29) is 5.56 Å². The standard InChI is InChI=1S/C11H12N2O3/c1-12-5-4-7-6-8(11(15)16-3)13(2)9(7)10(12)14/h4-6H,1-3H3. The van der Waals surface area contributed by atoms with Crippen LogP contribution >= 0.6 is 0 Å². The van der Waals surface area contributed by atoms with Gasteiger partial charge >= 0.3 is 5.97 Å². The molecular weight excluding hydrogens is 208 g/mol. The monoisotopic (exact) mass is 220 g/mol. The van der Waals surface area contributed by atoms with Gasteiger partial charge in [0, 0.05) is 25.7 Å². The predicted octanol–water partition coefficient (Wildman–Crippen LogP) is 0.664. The molecule has 0 aliphatic rings. The summed E-state index contributed by atoms with van der Waals surface area (Å²) in [6.07, 6.45) is 1.67. The third kappa shape index (κ3) is 1.32. The van der Waals surface area contributed by atoms with E-state index >= 15 is 0 Å². The topological polar surface area (TPSA) is 53.2 Å². The van der Waals surface area contributed by atoms with Crippen molar-refractivity contribution in [3.05, 3.63) is 34.4 Å². The molecule has 5 heteroatoms. The third-order valence-electron chi connectivity index (χ3n) is 2.66. The number of aryl methyl sites for hydroxylation is 2. The van der Waals surface area contributed by atoms with Crippen LogP contribution in [0.15, 0.2) is 23.1 Å². The first-order chi connectivity index (χ1) is 7.56. The molecule has 0 unspecified atom stereocenters. The molecule has 0 N–H and O–H groups in total. The number of carbonyl (C=O) groups is 1. The maximum absolute atomic E-state index is 11.9. The molecule has 84 valence electrons. The molecule has 5 nitrogen and oxygen atoms in total. The number of pyridine rings is 1. The number of carbonyl (C=O) groups excluding carboxylic acids is 1. The van der Waals surface area contributed by atoms with Crippen LogP contribution in [-0.4, -0.2) is 22.2 Å². The molecule has 0 saturated carbocycles. The average molecular weight is 220 g/mol. The van der Waals surface area contributed by atoms with Crippen LogP contribution in [0.3, 0.4) is 0 Å². The first kappa shape index (κ1) is 10.5. The summed E-state index contributed by atoms with van der Waals surface area (Å²) in [5, 5.41) is 0.742. The van der Waals surface area contributed by atoms with Gasteiger partial charge in [-0.1, -0.05) is 0 Å². The van der Waals surface area contributed by atoms with E-state index < -0.39 is 5.97 Å². The summed E-state index contributed by atoms with van der Waals surface area (Å²) in [4.78, 5) is 23.3. The van der Waals surface area contributed by atoms with Gasteiger partial charge < -0.3 is 13.9 Å². The van der Waals surface area contributed by atoms with Crippen LogP contribution in [0.4, 0.5) is 0 Å². The van der Waals surface area contributed by atoms with Gasteiger partial charge in [-0.3, -0.25) is 4.79 Å². The smallest absolute Gasteiger partial charge is 0.354 e. The van der Waals surface area contributed by atoms with E-state index in [1.807, 2.05) is 0 Å². The zero-order chi connectivity index (χ0) is 11.9. The Labute approximate surface area is 91.9 Å². The Balaban J connectivity index is 2.84. The highest BCUT2D eigenvalue weighted by Crippen LogP contribution is 2.15. The van der Waals surface area contributed by atoms with Crippen molar-refractivity contribution in [2.24, 2.45) is 14.1 Å². The molecule has 16 heavy (non-hydrogen) atoms. The largest absolute Gasteiger partial charge is 0.464 e. The number of ether oxygens (including phenoxy) is 1. The van der Waals surface area contributed by atoms with Crippen LogP contribution in [0.2, 0.25) is 0 Å². The highest BCUT2D eigenvalue weighted by atomic mass is 16.5. The third-order valence-corrected chi connectivity index (χ3v) is 2.66. The van der Waals surface area contributed by atoms with E-state index in [1.165, 1.54) is 11.7 Å². The van der Waals surface area contributed by atoms with Gasteiger partial charge in [0.1, 0.15) is 11.2 Å². The number of hydrogen-bond acceptors (Lipinski definition) is 3. The summed E-state index contributed by atoms with van der Waals surface area (Å²) in [6.45, 7) is 0. The summed E-state index contributed by atoms with van der Waals surface area (Å²) in [6, 6.07) is 3.45. The molecule has 0 bridgehead atoms. The second kappa shape index (κ2) is 3.52. The molecule has 0 saturated heterocycles. The van der Waals surface area contributed by atoms with E-state index in [4.69, 9.17) is 0 Å². The van der Waals surface area contributed by atoms with Gasteiger partial charge in [0.05, 0.1) is 7.11 Å². The number of aromatic nitrogens is 2. The number of hydrogen-bond donors (Lipinski definition) is 0. The zero-order valence-corrected chi connectivity index (χ0v) is 9.35. The van der Waals surface area contributed by atoms with Crippen molar-refractivity contribution in [1.29, 1.82) is 0 Å². The quantitative estimate of drug-likeness (QED) is 0.663. The van der Waals surface area contributed by atoms with Crippen molar-refractivity contribution in [2.45, 2.75) is 0 Å². The Hall–Kier alpha value is -2.04. The van der Waals surface area contributed by atoms with Crippen LogP contribution < -0.4 is 5.56 Å². The summed E-state index contributed by atoms with van der Waals surface area (Å²) in [5.41, 5.74) is 0.751. The Morgan fingerprint density at radius 1 is 1.38 bits per heavy atom. The second-order valence-corrected chi connectivity index (χ2v) is 3.62. The van der Waals surface area contributed by atoms with Gasteiger partial charge in [0.15, 0.2) is 0 Å². The van der Waals surface area contributed by atoms with E-state index in [1.54, 1.807) is 37.0 Å². The normalized spacial score (nSPS) is 10.7. The SMILES string of the molecule is COC(=O)c1cc2ccn(C)c(=O)c2n1C. The van der Waals surface area contributed by atoms with Gasteiger partial charge in [-0.15, -0.1) is 0 Å². The van der Waals surface area contributed by atoms with Crippen molar-refractivity contribution < 1.29 is 9.53 Å². The van der Waals surface area contributed by atoms with Gasteiger partial charge in [-0.05, 0) is 12.1 Å². The van der Waals surface area contributed by atoms with Crippen molar-refractivity contribution in [3.63, 3.8) is 0 Å². The van der Waals surface area contributed by atoms with Crippen molar-refractivity contribution in [3.8, 4) is 0 Å². The Kier molecular flexibility index (Phi) is 2.30. The van der Waals surface area contributed by atoms with Crippen molar-refractivity contribution in [2.75, 3.05) is 7.11 Å². The van der Waals surface area contributed by atoms with Crippen LogP contribution in [0, 0.1) is 0 Å². The fourth-order valence-corrected chi connectivity index (χ4v) is 1.75. The lowest BCUT2D eigenvalue weighted by Crippen LogP contribution is -2.18. The number of esters is 1. The summed E-state index contributed by atoms with van der Waals surface area (Å²) < 4.78 is 7.68. The Morgan fingerprint density at radius 2 is 2.06 bits per heavy atom. The highest BCUT2D eigenvalue weighted by Gasteiger charge is 2.15. The fourth-order valence-electron chi connectivity index (χ4n) is 1.75. The number of rotatable bonds is 1. The lowest BCUT2D eigenvalue weighted by Gasteiger charge is -2.02. The molecule has 0 radical (unpaired) electrons. The van der Waals surface area contributed by atoms with Gasteiger partial charge in [0.2, 0.25) is 0 Å². The minimum Gasteiger partial charge on any atom is -0.464 e. The second-order valence-electron chi connectivity index (χ2n) is 3.62. The van der Waals surface area contributed by atoms with Crippen molar-refractivity contribution >= 4 is 16.9 Å². The molecule has 2 rings (SSSR count). The summed E-state index contributed by atoms with van der Waals surface area (Å²) in [7, 11) is 4.67. The fraction of sp³-hybridized carbons (Fsp3) is 0.273. The van der Waals surface area contributed by atoms with E-state index in [0.717, 1.165) is 5.39 Å². The number of fused-ring (bicyclic) bond motifs is 1. The van der Waals surface area contributed by atoms with Crippen LogP contribution in [-0.2, 0) is 18.8 Å². The minimum absolute atomic E-state index is 0.129. The molecule has 0 amide bonds.